The van der Waals surface area contributed by atoms with Crippen LogP contribution in [0.25, 0.3) is 0 Å². The van der Waals surface area contributed by atoms with Crippen molar-refractivity contribution in [3.63, 3.8) is 0 Å². The molecule has 3 unspecified atom stereocenters. The molecule has 0 spiro atoms. The Morgan fingerprint density at radius 1 is 1.30 bits per heavy atom. The molecule has 2 N–H and O–H groups in total. The van der Waals surface area contributed by atoms with Crippen molar-refractivity contribution in [3.8, 4) is 0 Å². The molecule has 118 valence electrons. The van der Waals surface area contributed by atoms with Crippen molar-refractivity contribution in [1.82, 2.24) is 10.2 Å². The monoisotopic (exact) mass is 284 g/mol. The maximum Gasteiger partial charge on any atom is 0.0940 e. The molecule has 1 heterocycles. The van der Waals surface area contributed by atoms with E-state index in [2.05, 4.69) is 31.0 Å². The molecule has 2 aliphatic rings. The van der Waals surface area contributed by atoms with E-state index in [9.17, 15) is 5.11 Å². The van der Waals surface area contributed by atoms with Gasteiger partial charge >= 0.3 is 0 Å². The highest BCUT2D eigenvalue weighted by molar-refractivity contribution is 4.88. The lowest BCUT2D eigenvalue weighted by atomic mass is 9.83. The molecule has 0 aromatic rings. The first kappa shape index (κ1) is 16.2. The van der Waals surface area contributed by atoms with Crippen LogP contribution in [0, 0.1) is 5.92 Å². The van der Waals surface area contributed by atoms with E-state index < -0.39 is 0 Å². The largest absolute Gasteiger partial charge is 0.394 e. The first-order valence-corrected chi connectivity index (χ1v) is 8.28. The van der Waals surface area contributed by atoms with Crippen LogP contribution in [0.3, 0.4) is 0 Å². The molecule has 3 atom stereocenters. The zero-order chi connectivity index (χ0) is 14.6. The maximum absolute atomic E-state index is 9.42. The predicted molar refractivity (Wildman–Crippen MR) is 81.9 cm³/mol. The molecule has 0 amide bonds. The summed E-state index contributed by atoms with van der Waals surface area (Å²) < 4.78 is 5.91. The molecule has 1 aliphatic carbocycles. The van der Waals surface area contributed by atoms with Gasteiger partial charge in [0.15, 0.2) is 0 Å². The Balaban J connectivity index is 1.93. The Bertz CT molecular complexity index is 294. The van der Waals surface area contributed by atoms with Gasteiger partial charge in [-0.25, -0.2) is 0 Å². The number of nitrogens with one attached hydrogen (secondary N) is 1. The fourth-order valence-electron chi connectivity index (χ4n) is 3.94. The van der Waals surface area contributed by atoms with Crippen molar-refractivity contribution in [1.29, 1.82) is 0 Å². The van der Waals surface area contributed by atoms with Gasteiger partial charge in [0.2, 0.25) is 0 Å². The molecule has 0 aromatic carbocycles. The Morgan fingerprint density at radius 2 is 2.05 bits per heavy atom. The zero-order valence-electron chi connectivity index (χ0n) is 13.4. The molecular weight excluding hydrogens is 252 g/mol. The molecule has 4 nitrogen and oxygen atoms in total. The minimum Gasteiger partial charge on any atom is -0.394 e. The number of ether oxygens (including phenoxy) is 1. The van der Waals surface area contributed by atoms with Crippen molar-refractivity contribution in [2.75, 3.05) is 32.8 Å². The second-order valence-corrected chi connectivity index (χ2v) is 7.08. The van der Waals surface area contributed by atoms with Gasteiger partial charge < -0.3 is 15.2 Å². The van der Waals surface area contributed by atoms with E-state index in [1.165, 1.54) is 25.7 Å². The van der Waals surface area contributed by atoms with Gasteiger partial charge in [-0.2, -0.15) is 0 Å². The molecule has 0 radical (unpaired) electrons. The lowest BCUT2D eigenvalue weighted by Crippen LogP contribution is -2.56. The number of morpholine rings is 1. The van der Waals surface area contributed by atoms with Crippen molar-refractivity contribution in [2.24, 2.45) is 5.92 Å². The van der Waals surface area contributed by atoms with Crippen LogP contribution in [0.2, 0.25) is 0 Å². The third-order valence-corrected chi connectivity index (χ3v) is 4.62. The standard InChI is InChI=1S/C16H32N2O2/c1-4-17-15-8-6-5-7-13(15)9-18-10-14(11-19)20-16(2,3)12-18/h13-15,17,19H,4-12H2,1-3H3. The third-order valence-electron chi connectivity index (χ3n) is 4.62. The summed E-state index contributed by atoms with van der Waals surface area (Å²) in [6, 6.07) is 0.673. The van der Waals surface area contributed by atoms with Crippen LogP contribution >= 0.6 is 0 Å². The van der Waals surface area contributed by atoms with E-state index >= 15 is 0 Å². The fraction of sp³-hybridized carbons (Fsp3) is 1.00. The molecule has 0 aromatic heterocycles. The van der Waals surface area contributed by atoms with Gasteiger partial charge in [-0.15, -0.1) is 0 Å². The number of aliphatic hydroxyl groups is 1. The summed E-state index contributed by atoms with van der Waals surface area (Å²) in [5.74, 6) is 0.747. The first-order valence-electron chi connectivity index (χ1n) is 8.28. The van der Waals surface area contributed by atoms with E-state index in [-0.39, 0.29) is 18.3 Å². The smallest absolute Gasteiger partial charge is 0.0940 e. The summed E-state index contributed by atoms with van der Waals surface area (Å²) in [7, 11) is 0. The molecule has 2 fully saturated rings. The molecule has 1 aliphatic heterocycles. The minimum absolute atomic E-state index is 0.0278. The van der Waals surface area contributed by atoms with E-state index in [1.807, 2.05) is 0 Å². The maximum atomic E-state index is 9.42. The van der Waals surface area contributed by atoms with Gasteiger partial charge in [0, 0.05) is 25.7 Å². The fourth-order valence-corrected chi connectivity index (χ4v) is 3.94. The van der Waals surface area contributed by atoms with Crippen LogP contribution in [0.1, 0.15) is 46.5 Å². The molecule has 2 rings (SSSR count). The van der Waals surface area contributed by atoms with Crippen molar-refractivity contribution in [3.05, 3.63) is 0 Å². The number of aliphatic hydroxyl groups excluding tert-OH is 1. The number of hydrogen-bond donors (Lipinski definition) is 2. The van der Waals surface area contributed by atoms with Crippen molar-refractivity contribution >= 4 is 0 Å². The summed E-state index contributed by atoms with van der Waals surface area (Å²) >= 11 is 0. The number of hydrogen-bond acceptors (Lipinski definition) is 4. The molecule has 1 saturated heterocycles. The Kier molecular flexibility index (Phi) is 5.84. The highest BCUT2D eigenvalue weighted by Crippen LogP contribution is 2.28. The second kappa shape index (κ2) is 7.21. The van der Waals surface area contributed by atoms with Crippen LogP contribution in [0.4, 0.5) is 0 Å². The van der Waals surface area contributed by atoms with Crippen LogP contribution in [-0.2, 0) is 4.74 Å². The van der Waals surface area contributed by atoms with Crippen LogP contribution < -0.4 is 5.32 Å². The van der Waals surface area contributed by atoms with Crippen LogP contribution in [0.5, 0.6) is 0 Å². The lowest BCUT2D eigenvalue weighted by Gasteiger charge is -2.45. The van der Waals surface area contributed by atoms with Gasteiger partial charge in [-0.1, -0.05) is 19.8 Å². The summed E-state index contributed by atoms with van der Waals surface area (Å²) in [5, 5.41) is 13.1. The number of rotatable bonds is 5. The zero-order valence-corrected chi connectivity index (χ0v) is 13.4. The minimum atomic E-state index is -0.145. The first-order chi connectivity index (χ1) is 9.54. The van der Waals surface area contributed by atoms with Gasteiger partial charge in [0.05, 0.1) is 18.3 Å². The molecular formula is C16H32N2O2. The number of nitrogens with zero attached hydrogens (tertiary/aromatic N) is 1. The van der Waals surface area contributed by atoms with Crippen LogP contribution in [0.15, 0.2) is 0 Å². The quantitative estimate of drug-likeness (QED) is 0.805. The molecule has 1 saturated carbocycles. The summed E-state index contributed by atoms with van der Waals surface area (Å²) in [6.07, 6.45) is 5.35. The summed E-state index contributed by atoms with van der Waals surface area (Å²) in [4.78, 5) is 2.50. The highest BCUT2D eigenvalue weighted by atomic mass is 16.5. The third kappa shape index (κ3) is 4.42. The van der Waals surface area contributed by atoms with Gasteiger partial charge in [-0.3, -0.25) is 4.90 Å². The van der Waals surface area contributed by atoms with Gasteiger partial charge in [0.25, 0.3) is 0 Å². The molecule has 4 heteroatoms. The lowest BCUT2D eigenvalue weighted by molar-refractivity contribution is -0.151. The predicted octanol–water partition coefficient (Wildman–Crippen LogP) is 1.63. The molecule has 20 heavy (non-hydrogen) atoms. The van der Waals surface area contributed by atoms with E-state index in [0.717, 1.165) is 32.1 Å². The van der Waals surface area contributed by atoms with E-state index in [4.69, 9.17) is 4.74 Å². The molecule has 0 bridgehead atoms. The average Bonchev–Trinajstić information content (AvgIpc) is 2.39. The van der Waals surface area contributed by atoms with E-state index in [0.29, 0.717) is 6.04 Å². The normalized spacial score (nSPS) is 35.1. The average molecular weight is 284 g/mol. The Morgan fingerprint density at radius 3 is 2.75 bits per heavy atom. The second-order valence-electron chi connectivity index (χ2n) is 7.08. The topological polar surface area (TPSA) is 44.7 Å². The summed E-state index contributed by atoms with van der Waals surface area (Å²) in [6.45, 7) is 10.6. The van der Waals surface area contributed by atoms with Gasteiger partial charge in [0.1, 0.15) is 0 Å². The van der Waals surface area contributed by atoms with Crippen molar-refractivity contribution < 1.29 is 9.84 Å². The van der Waals surface area contributed by atoms with E-state index in [1.54, 1.807) is 0 Å². The van der Waals surface area contributed by atoms with Gasteiger partial charge in [-0.05, 0) is 39.2 Å². The van der Waals surface area contributed by atoms with Crippen molar-refractivity contribution in [2.45, 2.75) is 64.2 Å². The Labute approximate surface area is 123 Å². The highest BCUT2D eigenvalue weighted by Gasteiger charge is 2.35. The summed E-state index contributed by atoms with van der Waals surface area (Å²) in [5.41, 5.74) is -0.145. The SMILES string of the molecule is CCNC1CCCCC1CN1CC(CO)OC(C)(C)C1. The Hall–Kier alpha value is -0.160. The van der Waals surface area contributed by atoms with Crippen LogP contribution in [-0.4, -0.2) is 60.5 Å².